The zero-order valence-corrected chi connectivity index (χ0v) is 16.6. The average Bonchev–Trinajstić information content (AvgIpc) is 3.27. The van der Waals surface area contributed by atoms with Gasteiger partial charge in [0.25, 0.3) is 0 Å². The highest BCUT2D eigenvalue weighted by molar-refractivity contribution is 7.17. The molecule has 0 radical (unpaired) electrons. The fourth-order valence-electron chi connectivity index (χ4n) is 3.71. The highest BCUT2D eigenvalue weighted by Crippen LogP contribution is 2.43. The average molecular weight is 388 g/mol. The Bertz CT molecular complexity index is 930. The predicted molar refractivity (Wildman–Crippen MR) is 104 cm³/mol. The Morgan fingerprint density at radius 2 is 1.93 bits per heavy atom. The van der Waals surface area contributed by atoms with E-state index in [4.69, 9.17) is 9.47 Å². The molecule has 1 aliphatic rings. The van der Waals surface area contributed by atoms with Crippen molar-refractivity contribution in [2.24, 2.45) is 5.92 Å². The summed E-state index contributed by atoms with van der Waals surface area (Å²) < 4.78 is 12.4. The molecule has 1 N–H and O–H groups in total. The molecule has 2 aromatic heterocycles. The maximum Gasteiger partial charge on any atom is 0.230 e. The van der Waals surface area contributed by atoms with Crippen LogP contribution >= 0.6 is 11.3 Å². The van der Waals surface area contributed by atoms with Crippen molar-refractivity contribution in [3.05, 3.63) is 35.0 Å². The number of benzene rings is 1. The van der Waals surface area contributed by atoms with Crippen molar-refractivity contribution in [3.8, 4) is 17.4 Å². The number of piperidine rings is 1. The summed E-state index contributed by atoms with van der Waals surface area (Å²) >= 11 is 1.48. The third-order valence-electron chi connectivity index (χ3n) is 5.29. The van der Waals surface area contributed by atoms with Gasteiger partial charge in [-0.2, -0.15) is 9.61 Å². The van der Waals surface area contributed by atoms with Crippen molar-refractivity contribution >= 4 is 16.3 Å². The fourth-order valence-corrected chi connectivity index (χ4v) is 4.80. The molecular weight excluding hydrogens is 364 g/mol. The van der Waals surface area contributed by atoms with Gasteiger partial charge in [0.1, 0.15) is 6.33 Å². The number of likely N-dealkylation sites (tertiary alicyclic amines) is 1. The fraction of sp³-hybridized carbons (Fsp3) is 0.474. The summed E-state index contributed by atoms with van der Waals surface area (Å²) in [6.07, 6.45) is 3.75. The minimum Gasteiger partial charge on any atom is -0.493 e. The van der Waals surface area contributed by atoms with E-state index in [9.17, 15) is 5.11 Å². The molecule has 3 aromatic rings. The van der Waals surface area contributed by atoms with Crippen molar-refractivity contribution in [1.29, 1.82) is 0 Å². The third-order valence-corrected chi connectivity index (χ3v) is 6.38. The summed E-state index contributed by atoms with van der Waals surface area (Å²) in [7, 11) is 3.27. The number of fused-ring (bicyclic) bond motifs is 1. The van der Waals surface area contributed by atoms with Crippen LogP contribution in [0, 0.1) is 5.92 Å². The van der Waals surface area contributed by atoms with E-state index in [1.807, 2.05) is 18.2 Å². The second-order valence-electron chi connectivity index (χ2n) is 6.98. The van der Waals surface area contributed by atoms with E-state index in [-0.39, 0.29) is 11.9 Å². The molecule has 1 aliphatic heterocycles. The largest absolute Gasteiger partial charge is 0.493 e. The maximum atomic E-state index is 10.8. The number of thiazole rings is 1. The molecule has 0 spiro atoms. The molecule has 0 bridgehead atoms. The molecule has 1 saturated heterocycles. The van der Waals surface area contributed by atoms with Gasteiger partial charge in [0, 0.05) is 0 Å². The van der Waals surface area contributed by atoms with Crippen LogP contribution < -0.4 is 9.47 Å². The molecule has 0 aliphatic carbocycles. The molecule has 1 aromatic carbocycles. The normalized spacial score (nSPS) is 17.3. The van der Waals surface area contributed by atoms with E-state index in [0.717, 1.165) is 42.3 Å². The van der Waals surface area contributed by atoms with E-state index in [0.29, 0.717) is 16.5 Å². The van der Waals surface area contributed by atoms with Crippen LogP contribution in [0.2, 0.25) is 0 Å². The lowest BCUT2D eigenvalue weighted by Gasteiger charge is -2.36. The van der Waals surface area contributed by atoms with Gasteiger partial charge in [-0.1, -0.05) is 24.3 Å². The van der Waals surface area contributed by atoms with E-state index < -0.39 is 0 Å². The molecule has 1 atom stereocenters. The Morgan fingerprint density at radius 1 is 1.19 bits per heavy atom. The molecule has 1 fully saturated rings. The van der Waals surface area contributed by atoms with Crippen LogP contribution in [0.15, 0.2) is 24.5 Å². The maximum absolute atomic E-state index is 10.8. The summed E-state index contributed by atoms with van der Waals surface area (Å²) in [6.45, 7) is 4.25. The summed E-state index contributed by atoms with van der Waals surface area (Å²) in [5.74, 6) is 2.26. The molecule has 4 rings (SSSR count). The van der Waals surface area contributed by atoms with Gasteiger partial charge in [0.15, 0.2) is 11.5 Å². The molecular formula is C19H24N4O3S. The van der Waals surface area contributed by atoms with Crippen molar-refractivity contribution in [2.45, 2.75) is 25.8 Å². The molecule has 27 heavy (non-hydrogen) atoms. The first-order valence-corrected chi connectivity index (χ1v) is 9.91. The Hall–Kier alpha value is -2.32. The standard InChI is InChI=1S/C19H24N4O3S/c1-12-6-8-22(9-7-12)16(13-4-5-14(25-2)15(10-13)26-3)17-18(24)23-19(27-17)20-11-21-23/h4-5,10-12,16,24H,6-9H2,1-3H3/t16-/m0/s1. The van der Waals surface area contributed by atoms with Crippen LogP contribution in [0.25, 0.3) is 4.96 Å². The van der Waals surface area contributed by atoms with Gasteiger partial charge in [0.05, 0.1) is 25.1 Å². The molecule has 0 amide bonds. The molecule has 3 heterocycles. The van der Waals surface area contributed by atoms with Crippen LogP contribution in [0.4, 0.5) is 0 Å². The van der Waals surface area contributed by atoms with Crippen molar-refractivity contribution in [1.82, 2.24) is 19.5 Å². The minimum absolute atomic E-state index is 0.0780. The number of aromatic nitrogens is 3. The number of hydrogen-bond acceptors (Lipinski definition) is 7. The number of rotatable bonds is 5. The number of hydrogen-bond donors (Lipinski definition) is 1. The summed E-state index contributed by atoms with van der Waals surface area (Å²) in [6, 6.07) is 5.88. The minimum atomic E-state index is -0.0780. The third kappa shape index (κ3) is 3.23. The summed E-state index contributed by atoms with van der Waals surface area (Å²) in [4.78, 5) is 8.21. The van der Waals surface area contributed by atoms with Crippen molar-refractivity contribution in [3.63, 3.8) is 0 Å². The molecule has 144 valence electrons. The Labute approximate surface area is 162 Å². The first-order valence-electron chi connectivity index (χ1n) is 9.09. The lowest BCUT2D eigenvalue weighted by Crippen LogP contribution is -2.36. The Kier molecular flexibility index (Phi) is 4.92. The monoisotopic (exact) mass is 388 g/mol. The lowest BCUT2D eigenvalue weighted by atomic mass is 9.95. The van der Waals surface area contributed by atoms with Gasteiger partial charge in [-0.15, -0.1) is 0 Å². The number of ether oxygens (including phenoxy) is 2. The van der Waals surface area contributed by atoms with E-state index in [1.165, 1.54) is 22.2 Å². The lowest BCUT2D eigenvalue weighted by molar-refractivity contribution is 0.157. The number of methoxy groups -OCH3 is 2. The van der Waals surface area contributed by atoms with Crippen LogP contribution in [0.3, 0.4) is 0 Å². The first kappa shape index (κ1) is 18.1. The van der Waals surface area contributed by atoms with Gasteiger partial charge in [-0.25, -0.2) is 4.98 Å². The smallest absolute Gasteiger partial charge is 0.230 e. The van der Waals surface area contributed by atoms with Gasteiger partial charge in [0.2, 0.25) is 10.8 Å². The van der Waals surface area contributed by atoms with Crippen molar-refractivity contribution in [2.75, 3.05) is 27.3 Å². The highest BCUT2D eigenvalue weighted by Gasteiger charge is 2.31. The van der Waals surface area contributed by atoms with Gasteiger partial charge in [-0.05, 0) is 49.5 Å². The summed E-state index contributed by atoms with van der Waals surface area (Å²) in [5, 5.41) is 14.9. The Balaban J connectivity index is 1.81. The van der Waals surface area contributed by atoms with Crippen molar-refractivity contribution < 1.29 is 14.6 Å². The van der Waals surface area contributed by atoms with E-state index >= 15 is 0 Å². The number of nitrogens with zero attached hydrogens (tertiary/aromatic N) is 4. The van der Waals surface area contributed by atoms with E-state index in [1.54, 1.807) is 14.2 Å². The van der Waals surface area contributed by atoms with Gasteiger partial charge in [-0.3, -0.25) is 4.90 Å². The molecule has 0 unspecified atom stereocenters. The van der Waals surface area contributed by atoms with Crippen LogP contribution in [0.5, 0.6) is 17.4 Å². The van der Waals surface area contributed by atoms with Crippen LogP contribution in [0.1, 0.15) is 36.2 Å². The molecule has 0 saturated carbocycles. The quantitative estimate of drug-likeness (QED) is 0.723. The van der Waals surface area contributed by atoms with E-state index in [2.05, 4.69) is 21.9 Å². The highest BCUT2D eigenvalue weighted by atomic mass is 32.1. The zero-order valence-electron chi connectivity index (χ0n) is 15.8. The van der Waals surface area contributed by atoms with Crippen LogP contribution in [-0.4, -0.2) is 51.9 Å². The predicted octanol–water partition coefficient (Wildman–Crippen LogP) is 3.33. The summed E-state index contributed by atoms with van der Waals surface area (Å²) in [5.41, 5.74) is 1.06. The van der Waals surface area contributed by atoms with Gasteiger partial charge < -0.3 is 14.6 Å². The second kappa shape index (κ2) is 7.36. The second-order valence-corrected chi connectivity index (χ2v) is 7.99. The topological polar surface area (TPSA) is 72.1 Å². The van der Waals surface area contributed by atoms with Gasteiger partial charge >= 0.3 is 0 Å². The molecule has 8 heteroatoms. The van der Waals surface area contributed by atoms with Crippen LogP contribution in [-0.2, 0) is 0 Å². The SMILES string of the molecule is COc1ccc([C@@H](c2sc3ncnn3c2O)N2CCC(C)CC2)cc1OC. The number of aromatic hydroxyl groups is 1. The molecule has 7 nitrogen and oxygen atoms in total. The first-order chi connectivity index (χ1) is 13.1. The zero-order chi connectivity index (χ0) is 19.0. The Morgan fingerprint density at radius 3 is 2.59 bits per heavy atom.